The van der Waals surface area contributed by atoms with Gasteiger partial charge in [-0.2, -0.15) is 0 Å². The number of benzene rings is 2. The van der Waals surface area contributed by atoms with Gasteiger partial charge in [-0.3, -0.25) is 0 Å². The fraction of sp³-hybridized carbons (Fsp3) is 0.167. The Balaban J connectivity index is 1.47. The summed E-state index contributed by atoms with van der Waals surface area (Å²) in [6, 6.07) is 11.7. The number of hydrogen-bond donors (Lipinski definition) is 2. The second kappa shape index (κ2) is 6.84. The van der Waals surface area contributed by atoms with Gasteiger partial charge in [-0.15, -0.1) is 0 Å². The zero-order valence-electron chi connectivity index (χ0n) is 13.3. The summed E-state index contributed by atoms with van der Waals surface area (Å²) in [4.78, 5) is 3.92. The van der Waals surface area contributed by atoms with Crippen LogP contribution in [0.3, 0.4) is 0 Å². The van der Waals surface area contributed by atoms with Gasteiger partial charge in [-0.1, -0.05) is 30.3 Å². The molecule has 2 N–H and O–H groups in total. The molecule has 4 aromatic rings. The zero-order valence-corrected chi connectivity index (χ0v) is 13.3. The Morgan fingerprint density at radius 1 is 1.04 bits per heavy atom. The number of aliphatic hydroxyl groups is 1. The highest BCUT2D eigenvalue weighted by Gasteiger charge is 2.09. The number of nitrogens with one attached hydrogen (secondary N) is 1. The number of hydrogen-bond acceptors (Lipinski definition) is 7. The monoisotopic (exact) mass is 336 g/mol. The van der Waals surface area contributed by atoms with E-state index in [0.29, 0.717) is 18.8 Å². The van der Waals surface area contributed by atoms with E-state index in [0.717, 1.165) is 33.3 Å². The molecule has 0 unspecified atom stereocenters. The molecule has 0 amide bonds. The molecule has 0 saturated carbocycles. The largest absolute Gasteiger partial charge is 0.444 e. The van der Waals surface area contributed by atoms with Crippen LogP contribution in [0.5, 0.6) is 0 Å². The molecule has 7 nitrogen and oxygen atoms in total. The molecule has 0 bridgehead atoms. The Labute approximate surface area is 143 Å². The average Bonchev–Trinajstić information content (AvgIpc) is 3.33. The Morgan fingerprint density at radius 2 is 2.00 bits per heavy atom. The molecule has 25 heavy (non-hydrogen) atoms. The Hall–Kier alpha value is -3.03. The molecule has 0 atom stereocenters. The maximum absolute atomic E-state index is 9.63. The number of fused-ring (bicyclic) bond motifs is 1. The summed E-state index contributed by atoms with van der Waals surface area (Å²) in [5.41, 5.74) is 5.27. The zero-order chi connectivity index (χ0) is 17.1. The van der Waals surface area contributed by atoms with Crippen LogP contribution in [0, 0.1) is 0 Å². The Kier molecular flexibility index (Phi) is 4.24. The predicted molar refractivity (Wildman–Crippen MR) is 90.2 cm³/mol. The summed E-state index contributed by atoms with van der Waals surface area (Å²) >= 11 is 0. The summed E-state index contributed by atoms with van der Waals surface area (Å²) in [6.45, 7) is 1.24. The van der Waals surface area contributed by atoms with Gasteiger partial charge >= 0.3 is 0 Å². The normalized spacial score (nSPS) is 11.2. The van der Waals surface area contributed by atoms with Gasteiger partial charge in [0.1, 0.15) is 11.0 Å². The second-order valence-electron chi connectivity index (χ2n) is 5.67. The van der Waals surface area contributed by atoms with E-state index in [4.69, 9.17) is 9.05 Å². The van der Waals surface area contributed by atoms with Crippen molar-refractivity contribution in [1.82, 2.24) is 20.6 Å². The molecular formula is C18H16N4O3. The highest BCUT2D eigenvalue weighted by molar-refractivity contribution is 5.76. The van der Waals surface area contributed by atoms with Crippen LogP contribution < -0.4 is 5.32 Å². The SMILES string of the molecule is OCc1cc(CNCc2cccc3nonc23)ccc1-c1cnco1. The molecule has 0 aliphatic rings. The summed E-state index contributed by atoms with van der Waals surface area (Å²) in [6.07, 6.45) is 3.02. The van der Waals surface area contributed by atoms with E-state index < -0.39 is 0 Å². The lowest BCUT2D eigenvalue weighted by Crippen LogP contribution is -2.13. The molecular weight excluding hydrogens is 320 g/mol. The third kappa shape index (κ3) is 3.15. The van der Waals surface area contributed by atoms with E-state index in [1.807, 2.05) is 36.4 Å². The second-order valence-corrected chi connectivity index (χ2v) is 5.67. The topological polar surface area (TPSA) is 97.2 Å². The molecule has 0 aliphatic heterocycles. The fourth-order valence-corrected chi connectivity index (χ4v) is 2.82. The van der Waals surface area contributed by atoms with Crippen molar-refractivity contribution >= 4 is 11.0 Å². The van der Waals surface area contributed by atoms with E-state index in [1.165, 1.54) is 6.39 Å². The van der Waals surface area contributed by atoms with Crippen LogP contribution in [0.4, 0.5) is 0 Å². The maximum atomic E-state index is 9.63. The Bertz CT molecular complexity index is 979. The van der Waals surface area contributed by atoms with Crippen molar-refractivity contribution in [3.8, 4) is 11.3 Å². The van der Waals surface area contributed by atoms with Gasteiger partial charge in [0.05, 0.1) is 12.8 Å². The van der Waals surface area contributed by atoms with Crippen LogP contribution >= 0.6 is 0 Å². The first-order chi connectivity index (χ1) is 12.3. The number of nitrogens with zero attached hydrogens (tertiary/aromatic N) is 3. The van der Waals surface area contributed by atoms with E-state index in [9.17, 15) is 5.11 Å². The van der Waals surface area contributed by atoms with Crippen molar-refractivity contribution in [3.05, 3.63) is 65.7 Å². The molecule has 2 heterocycles. The smallest absolute Gasteiger partial charge is 0.181 e. The molecule has 126 valence electrons. The van der Waals surface area contributed by atoms with Crippen LogP contribution in [0.1, 0.15) is 16.7 Å². The molecule has 7 heteroatoms. The summed E-state index contributed by atoms with van der Waals surface area (Å²) in [7, 11) is 0. The van der Waals surface area contributed by atoms with Crippen molar-refractivity contribution < 1.29 is 14.2 Å². The summed E-state index contributed by atoms with van der Waals surface area (Å²) in [5.74, 6) is 0.647. The quantitative estimate of drug-likeness (QED) is 0.558. The van der Waals surface area contributed by atoms with Gasteiger partial charge in [-0.05, 0) is 33.1 Å². The standard InChI is InChI=1S/C18H16N4O3/c23-10-14-6-12(4-5-15(14)17-9-20-11-24-17)7-19-8-13-2-1-3-16-18(13)22-25-21-16/h1-6,9,11,19,23H,7-8,10H2. The first-order valence-corrected chi connectivity index (χ1v) is 7.87. The third-order valence-corrected chi connectivity index (χ3v) is 4.05. The van der Waals surface area contributed by atoms with Crippen molar-refractivity contribution in [2.24, 2.45) is 0 Å². The van der Waals surface area contributed by atoms with Crippen LogP contribution in [0.25, 0.3) is 22.4 Å². The molecule has 0 saturated heterocycles. The van der Waals surface area contributed by atoms with Crippen LogP contribution in [0.2, 0.25) is 0 Å². The van der Waals surface area contributed by atoms with Gasteiger partial charge in [0.2, 0.25) is 0 Å². The van der Waals surface area contributed by atoms with Crippen molar-refractivity contribution in [3.63, 3.8) is 0 Å². The van der Waals surface area contributed by atoms with E-state index in [2.05, 4.69) is 20.6 Å². The average molecular weight is 336 g/mol. The lowest BCUT2D eigenvalue weighted by molar-refractivity contribution is 0.282. The molecule has 2 aromatic heterocycles. The molecule has 0 spiro atoms. The minimum atomic E-state index is -0.0617. The van der Waals surface area contributed by atoms with Gasteiger partial charge in [0, 0.05) is 18.7 Å². The maximum Gasteiger partial charge on any atom is 0.181 e. The van der Waals surface area contributed by atoms with Gasteiger partial charge in [-0.25, -0.2) is 9.61 Å². The Morgan fingerprint density at radius 3 is 2.84 bits per heavy atom. The molecule has 0 radical (unpaired) electrons. The lowest BCUT2D eigenvalue weighted by Gasteiger charge is -2.09. The number of rotatable bonds is 6. The molecule has 0 aliphatic carbocycles. The minimum absolute atomic E-state index is 0.0617. The van der Waals surface area contributed by atoms with E-state index >= 15 is 0 Å². The number of aliphatic hydroxyl groups excluding tert-OH is 1. The van der Waals surface area contributed by atoms with Gasteiger partial charge in [0.25, 0.3) is 0 Å². The van der Waals surface area contributed by atoms with Crippen molar-refractivity contribution in [1.29, 1.82) is 0 Å². The highest BCUT2D eigenvalue weighted by atomic mass is 16.6. The first-order valence-electron chi connectivity index (χ1n) is 7.87. The summed E-state index contributed by atoms with van der Waals surface area (Å²) in [5, 5.41) is 20.8. The van der Waals surface area contributed by atoms with Crippen molar-refractivity contribution in [2.45, 2.75) is 19.7 Å². The summed E-state index contributed by atoms with van der Waals surface area (Å²) < 4.78 is 10.1. The molecule has 4 rings (SSSR count). The van der Waals surface area contributed by atoms with E-state index in [-0.39, 0.29) is 6.61 Å². The van der Waals surface area contributed by atoms with Crippen molar-refractivity contribution in [2.75, 3.05) is 0 Å². The van der Waals surface area contributed by atoms with Crippen LogP contribution in [-0.4, -0.2) is 20.4 Å². The highest BCUT2D eigenvalue weighted by Crippen LogP contribution is 2.24. The number of aromatic nitrogens is 3. The van der Waals surface area contributed by atoms with E-state index in [1.54, 1.807) is 6.20 Å². The predicted octanol–water partition coefficient (Wildman–Crippen LogP) is 2.66. The molecule has 2 aromatic carbocycles. The lowest BCUT2D eigenvalue weighted by atomic mass is 10.0. The third-order valence-electron chi connectivity index (χ3n) is 4.05. The van der Waals surface area contributed by atoms with Gasteiger partial charge < -0.3 is 14.8 Å². The number of oxazole rings is 1. The van der Waals surface area contributed by atoms with Crippen LogP contribution in [0.15, 0.2) is 58.0 Å². The minimum Gasteiger partial charge on any atom is -0.444 e. The first kappa shape index (κ1) is 15.5. The van der Waals surface area contributed by atoms with Gasteiger partial charge in [0.15, 0.2) is 12.2 Å². The molecule has 0 fully saturated rings. The van der Waals surface area contributed by atoms with Crippen LogP contribution in [-0.2, 0) is 19.7 Å². The fourth-order valence-electron chi connectivity index (χ4n) is 2.82.